The lowest BCUT2D eigenvalue weighted by atomic mass is 9.74. The van der Waals surface area contributed by atoms with E-state index in [9.17, 15) is 9.59 Å². The molecule has 0 aromatic carbocycles. The lowest BCUT2D eigenvalue weighted by Gasteiger charge is -2.42. The minimum atomic E-state index is -0.101. The molecule has 2 aliphatic heterocycles. The molecule has 27 heavy (non-hydrogen) atoms. The Morgan fingerprint density at radius 1 is 1.41 bits per heavy atom. The van der Waals surface area contributed by atoms with Gasteiger partial charge in [0.15, 0.2) is 0 Å². The van der Waals surface area contributed by atoms with Crippen molar-refractivity contribution >= 4 is 34.9 Å². The first-order chi connectivity index (χ1) is 12.9. The summed E-state index contributed by atoms with van der Waals surface area (Å²) in [6, 6.07) is 2.13. The molecule has 5 atom stereocenters. The number of halogens is 1. The van der Waals surface area contributed by atoms with Crippen molar-refractivity contribution in [2.45, 2.75) is 63.4 Å². The Labute approximate surface area is 165 Å². The molecule has 1 saturated carbocycles. The Morgan fingerprint density at radius 2 is 2.22 bits per heavy atom. The van der Waals surface area contributed by atoms with E-state index in [-0.39, 0.29) is 35.2 Å². The zero-order valence-corrected chi connectivity index (χ0v) is 16.6. The van der Waals surface area contributed by atoms with E-state index in [1.807, 2.05) is 13.0 Å². The van der Waals surface area contributed by atoms with Gasteiger partial charge in [-0.3, -0.25) is 9.59 Å². The molecule has 1 aromatic rings. The number of hydrogen-bond acceptors (Lipinski definition) is 4. The van der Waals surface area contributed by atoms with Gasteiger partial charge in [-0.2, -0.15) is 0 Å². The summed E-state index contributed by atoms with van der Waals surface area (Å²) in [7, 11) is 0. The number of alkyl halides is 1. The molecule has 6 nitrogen and oxygen atoms in total. The molecule has 4 rings (SSSR count). The molecule has 4 unspecified atom stereocenters. The number of fused-ring (bicyclic) bond motifs is 2. The van der Waals surface area contributed by atoms with E-state index in [2.05, 4.69) is 15.6 Å². The molecule has 0 radical (unpaired) electrons. The van der Waals surface area contributed by atoms with Gasteiger partial charge in [0, 0.05) is 42.7 Å². The van der Waals surface area contributed by atoms with Crippen LogP contribution in [0.25, 0.3) is 0 Å². The number of nitrogens with zero attached hydrogens (tertiary/aromatic N) is 2. The Bertz CT molecular complexity index is 755. The van der Waals surface area contributed by atoms with Crippen molar-refractivity contribution in [3.05, 3.63) is 17.8 Å². The molecule has 2 N–H and O–H groups in total. The molecule has 2 amide bonds. The van der Waals surface area contributed by atoms with Gasteiger partial charge in [0.1, 0.15) is 5.82 Å². The van der Waals surface area contributed by atoms with Crippen LogP contribution < -0.4 is 15.5 Å². The number of aromatic nitrogens is 1. The first-order valence-electron chi connectivity index (χ1n) is 9.91. The van der Waals surface area contributed by atoms with Gasteiger partial charge in [-0.05, 0) is 51.0 Å². The monoisotopic (exact) mass is 390 g/mol. The standard InChI is InChI=1S/C20H27ClN4O2/c1-11(16-10-13-9-14(21)3-4-17(13)24-20(16)27)23-19-15-6-8-25(12(2)26)18(15)5-7-22-19/h5,7,11,13-14,16-17H,3-4,6,8-10H2,1-2H3,(H,22,23)(H,24,27)/t11-,13?,14?,16?,17?/m0/s1. The fourth-order valence-electron chi connectivity index (χ4n) is 4.90. The van der Waals surface area contributed by atoms with Crippen molar-refractivity contribution < 1.29 is 9.59 Å². The summed E-state index contributed by atoms with van der Waals surface area (Å²) < 4.78 is 0. The van der Waals surface area contributed by atoms with Crippen molar-refractivity contribution in [3.8, 4) is 0 Å². The number of carbonyl (C=O) groups excluding carboxylic acids is 2. The second kappa shape index (κ2) is 7.30. The van der Waals surface area contributed by atoms with Crippen LogP contribution in [0.3, 0.4) is 0 Å². The van der Waals surface area contributed by atoms with Crippen LogP contribution in [-0.2, 0) is 16.0 Å². The summed E-state index contributed by atoms with van der Waals surface area (Å²) in [5.74, 6) is 1.32. The van der Waals surface area contributed by atoms with Crippen LogP contribution in [0, 0.1) is 11.8 Å². The summed E-state index contributed by atoms with van der Waals surface area (Å²) in [5, 5.41) is 6.91. The third kappa shape index (κ3) is 3.51. The Balaban J connectivity index is 1.49. The van der Waals surface area contributed by atoms with Crippen molar-refractivity contribution in [2.24, 2.45) is 11.8 Å². The number of amides is 2. The number of piperidine rings is 1. The number of rotatable bonds is 3. The quantitative estimate of drug-likeness (QED) is 0.778. The zero-order valence-electron chi connectivity index (χ0n) is 15.9. The number of anilines is 2. The van der Waals surface area contributed by atoms with Crippen molar-refractivity contribution in [1.29, 1.82) is 0 Å². The van der Waals surface area contributed by atoms with Gasteiger partial charge >= 0.3 is 0 Å². The van der Waals surface area contributed by atoms with Crippen molar-refractivity contribution in [2.75, 3.05) is 16.8 Å². The summed E-state index contributed by atoms with van der Waals surface area (Å²) in [4.78, 5) is 30.8. The molecule has 0 spiro atoms. The second-order valence-electron chi connectivity index (χ2n) is 8.14. The predicted molar refractivity (Wildman–Crippen MR) is 106 cm³/mol. The average Bonchev–Trinajstić information content (AvgIpc) is 3.07. The first kappa shape index (κ1) is 18.5. The highest BCUT2D eigenvalue weighted by molar-refractivity contribution is 6.20. The maximum Gasteiger partial charge on any atom is 0.225 e. The summed E-state index contributed by atoms with van der Waals surface area (Å²) in [6.07, 6.45) is 6.31. The van der Waals surface area contributed by atoms with Gasteiger partial charge in [-0.25, -0.2) is 4.98 Å². The number of nitrogens with one attached hydrogen (secondary N) is 2. The minimum Gasteiger partial charge on any atom is -0.367 e. The molecule has 1 aliphatic carbocycles. The summed E-state index contributed by atoms with van der Waals surface area (Å²) >= 11 is 6.36. The summed E-state index contributed by atoms with van der Waals surface area (Å²) in [6.45, 7) is 4.32. The van der Waals surface area contributed by atoms with Crippen molar-refractivity contribution in [3.63, 3.8) is 0 Å². The normalized spacial score (nSPS) is 30.9. The molecule has 3 heterocycles. The fourth-order valence-corrected chi connectivity index (χ4v) is 5.26. The Morgan fingerprint density at radius 3 is 3.00 bits per heavy atom. The van der Waals surface area contributed by atoms with Gasteiger partial charge in [0.2, 0.25) is 11.8 Å². The molecular formula is C20H27ClN4O2. The minimum absolute atomic E-state index is 0.0352. The maximum absolute atomic E-state index is 12.7. The SMILES string of the molecule is CC(=O)N1CCc2c1ccnc2N[C@@H](C)C1CC2CC(Cl)CCC2NC1=O. The van der Waals surface area contributed by atoms with Gasteiger partial charge in [-0.1, -0.05) is 0 Å². The number of hydrogen-bond donors (Lipinski definition) is 2. The highest BCUT2D eigenvalue weighted by Crippen LogP contribution is 2.38. The fraction of sp³-hybridized carbons (Fsp3) is 0.650. The van der Waals surface area contributed by atoms with Gasteiger partial charge in [-0.15, -0.1) is 11.6 Å². The maximum atomic E-state index is 12.7. The highest BCUT2D eigenvalue weighted by atomic mass is 35.5. The molecular weight excluding hydrogens is 364 g/mol. The molecule has 3 aliphatic rings. The molecule has 7 heteroatoms. The lowest BCUT2D eigenvalue weighted by molar-refractivity contribution is -0.130. The number of pyridine rings is 1. The van der Waals surface area contributed by atoms with Crippen LogP contribution in [0.1, 0.15) is 45.1 Å². The Kier molecular flexibility index (Phi) is 5.01. The van der Waals surface area contributed by atoms with Crippen molar-refractivity contribution in [1.82, 2.24) is 10.3 Å². The first-order valence-corrected chi connectivity index (χ1v) is 10.3. The van der Waals surface area contributed by atoms with Gasteiger partial charge in [0.05, 0.1) is 11.6 Å². The number of carbonyl (C=O) groups is 2. The van der Waals surface area contributed by atoms with Crippen LogP contribution in [0.2, 0.25) is 0 Å². The summed E-state index contributed by atoms with van der Waals surface area (Å²) in [5.41, 5.74) is 1.99. The average molecular weight is 391 g/mol. The third-order valence-corrected chi connectivity index (χ3v) is 6.79. The topological polar surface area (TPSA) is 74.3 Å². The molecule has 1 aromatic heterocycles. The smallest absolute Gasteiger partial charge is 0.225 e. The van der Waals surface area contributed by atoms with E-state index in [0.717, 1.165) is 49.2 Å². The third-order valence-electron chi connectivity index (χ3n) is 6.39. The molecule has 1 saturated heterocycles. The van der Waals surface area contributed by atoms with E-state index in [0.29, 0.717) is 12.5 Å². The van der Waals surface area contributed by atoms with Crippen LogP contribution in [0.4, 0.5) is 11.5 Å². The van der Waals surface area contributed by atoms with Crippen LogP contribution in [0.5, 0.6) is 0 Å². The van der Waals surface area contributed by atoms with E-state index in [1.165, 1.54) is 0 Å². The molecule has 146 valence electrons. The lowest BCUT2D eigenvalue weighted by Crippen LogP contribution is -2.55. The molecule has 0 bridgehead atoms. The van der Waals surface area contributed by atoms with Gasteiger partial charge in [0.25, 0.3) is 0 Å². The van der Waals surface area contributed by atoms with E-state index in [4.69, 9.17) is 11.6 Å². The van der Waals surface area contributed by atoms with Gasteiger partial charge < -0.3 is 15.5 Å². The van der Waals surface area contributed by atoms with Crippen LogP contribution in [0.15, 0.2) is 12.3 Å². The van der Waals surface area contributed by atoms with Crippen LogP contribution >= 0.6 is 11.6 Å². The largest absolute Gasteiger partial charge is 0.367 e. The second-order valence-corrected chi connectivity index (χ2v) is 8.76. The Hall–Kier alpha value is -1.82. The van der Waals surface area contributed by atoms with E-state index < -0.39 is 0 Å². The highest BCUT2D eigenvalue weighted by Gasteiger charge is 2.41. The molecule has 2 fully saturated rings. The predicted octanol–water partition coefficient (Wildman–Crippen LogP) is 2.70. The van der Waals surface area contributed by atoms with Crippen LogP contribution in [-0.4, -0.2) is 40.8 Å². The van der Waals surface area contributed by atoms with E-state index in [1.54, 1.807) is 18.0 Å². The zero-order chi connectivity index (χ0) is 19.1. The van der Waals surface area contributed by atoms with E-state index >= 15 is 0 Å².